The van der Waals surface area contributed by atoms with Crippen molar-refractivity contribution < 1.29 is 9.13 Å². The maximum atomic E-state index is 13.4. The van der Waals surface area contributed by atoms with Crippen LogP contribution in [0.15, 0.2) is 18.2 Å². The molecule has 18 heavy (non-hydrogen) atoms. The van der Waals surface area contributed by atoms with E-state index in [9.17, 15) is 4.39 Å². The zero-order valence-electron chi connectivity index (χ0n) is 10.8. The highest BCUT2D eigenvalue weighted by atomic mass is 35.5. The van der Waals surface area contributed by atoms with Crippen molar-refractivity contribution in [2.24, 2.45) is 0 Å². The summed E-state index contributed by atoms with van der Waals surface area (Å²) in [4.78, 5) is 0. The Labute approximate surface area is 113 Å². The third kappa shape index (κ3) is 5.69. The largest absolute Gasteiger partial charge is 0.489 e. The lowest BCUT2D eigenvalue weighted by Crippen LogP contribution is -2.22. The first-order valence-electron chi connectivity index (χ1n) is 6.53. The zero-order valence-corrected chi connectivity index (χ0v) is 11.6. The molecule has 0 heterocycles. The lowest BCUT2D eigenvalue weighted by Gasteiger charge is -2.08. The van der Waals surface area contributed by atoms with Gasteiger partial charge in [0, 0.05) is 6.54 Å². The summed E-state index contributed by atoms with van der Waals surface area (Å²) in [6.07, 6.45) is 4.97. The molecule has 1 aromatic rings. The summed E-state index contributed by atoms with van der Waals surface area (Å²) in [6.45, 7) is 4.35. The second kappa shape index (κ2) is 9.17. The van der Waals surface area contributed by atoms with Gasteiger partial charge in [0.2, 0.25) is 0 Å². The molecule has 1 rings (SSSR count). The van der Waals surface area contributed by atoms with Gasteiger partial charge in [0.15, 0.2) is 11.6 Å². The number of nitrogens with one attached hydrogen (secondary N) is 1. The minimum absolute atomic E-state index is 0.0972. The molecule has 0 fully saturated rings. The Morgan fingerprint density at radius 2 is 2.06 bits per heavy atom. The second-order valence-electron chi connectivity index (χ2n) is 4.21. The van der Waals surface area contributed by atoms with Gasteiger partial charge in [0.05, 0.1) is 5.02 Å². The minimum atomic E-state index is -0.484. The van der Waals surface area contributed by atoms with Crippen molar-refractivity contribution in [3.63, 3.8) is 0 Å². The number of benzene rings is 1. The molecule has 0 aliphatic rings. The Morgan fingerprint density at radius 3 is 2.83 bits per heavy atom. The van der Waals surface area contributed by atoms with Crippen LogP contribution in [0.25, 0.3) is 0 Å². The maximum absolute atomic E-state index is 13.4. The SMILES string of the molecule is CCCCCCNCCOc1cccc(Cl)c1F. The van der Waals surface area contributed by atoms with Crippen molar-refractivity contribution >= 4 is 11.6 Å². The van der Waals surface area contributed by atoms with E-state index in [1.54, 1.807) is 12.1 Å². The van der Waals surface area contributed by atoms with Crippen LogP contribution in [0, 0.1) is 5.82 Å². The fourth-order valence-corrected chi connectivity index (χ4v) is 1.80. The molecule has 0 spiro atoms. The molecule has 1 aromatic carbocycles. The lowest BCUT2D eigenvalue weighted by atomic mass is 10.2. The number of rotatable bonds is 9. The number of hydrogen-bond acceptors (Lipinski definition) is 2. The van der Waals surface area contributed by atoms with Crippen LogP contribution < -0.4 is 10.1 Å². The zero-order chi connectivity index (χ0) is 13.2. The first-order chi connectivity index (χ1) is 8.75. The van der Waals surface area contributed by atoms with E-state index in [-0.39, 0.29) is 10.8 Å². The van der Waals surface area contributed by atoms with Gasteiger partial charge in [-0.2, -0.15) is 0 Å². The van der Waals surface area contributed by atoms with E-state index in [2.05, 4.69) is 12.2 Å². The van der Waals surface area contributed by atoms with Crippen LogP contribution in [-0.2, 0) is 0 Å². The Bertz CT molecular complexity index is 347. The molecule has 0 saturated heterocycles. The Balaban J connectivity index is 2.09. The standard InChI is InChI=1S/C14H21ClFNO/c1-2-3-4-5-9-17-10-11-18-13-8-6-7-12(15)14(13)16/h6-8,17H,2-5,9-11H2,1H3. The number of unbranched alkanes of at least 4 members (excludes halogenated alkanes) is 3. The fourth-order valence-electron chi connectivity index (χ4n) is 1.63. The van der Waals surface area contributed by atoms with Crippen LogP contribution in [0.2, 0.25) is 5.02 Å². The third-order valence-corrected chi connectivity index (χ3v) is 2.95. The van der Waals surface area contributed by atoms with E-state index in [1.807, 2.05) is 0 Å². The van der Waals surface area contributed by atoms with Crippen LogP contribution in [-0.4, -0.2) is 19.7 Å². The second-order valence-corrected chi connectivity index (χ2v) is 4.62. The average molecular weight is 274 g/mol. The van der Waals surface area contributed by atoms with Crippen molar-refractivity contribution in [2.45, 2.75) is 32.6 Å². The van der Waals surface area contributed by atoms with Gasteiger partial charge in [0.1, 0.15) is 6.61 Å². The van der Waals surface area contributed by atoms with E-state index in [4.69, 9.17) is 16.3 Å². The molecule has 2 nitrogen and oxygen atoms in total. The monoisotopic (exact) mass is 273 g/mol. The molecule has 0 bridgehead atoms. The summed E-state index contributed by atoms with van der Waals surface area (Å²) in [7, 11) is 0. The summed E-state index contributed by atoms with van der Waals surface area (Å²) in [5, 5.41) is 3.37. The van der Waals surface area contributed by atoms with E-state index in [0.717, 1.165) is 13.1 Å². The molecule has 0 amide bonds. The topological polar surface area (TPSA) is 21.3 Å². The van der Waals surface area contributed by atoms with Crippen LogP contribution in [0.4, 0.5) is 4.39 Å². The Morgan fingerprint density at radius 1 is 1.22 bits per heavy atom. The van der Waals surface area contributed by atoms with E-state index in [1.165, 1.54) is 31.7 Å². The van der Waals surface area contributed by atoms with Crippen molar-refractivity contribution in [3.8, 4) is 5.75 Å². The van der Waals surface area contributed by atoms with E-state index in [0.29, 0.717) is 6.61 Å². The molecule has 0 aliphatic heterocycles. The van der Waals surface area contributed by atoms with Gasteiger partial charge in [-0.05, 0) is 25.1 Å². The normalized spacial score (nSPS) is 10.6. The summed E-state index contributed by atoms with van der Waals surface area (Å²) in [5.74, 6) is -0.266. The maximum Gasteiger partial charge on any atom is 0.183 e. The van der Waals surface area contributed by atoms with Crippen molar-refractivity contribution in [1.29, 1.82) is 0 Å². The van der Waals surface area contributed by atoms with Gasteiger partial charge in [-0.3, -0.25) is 0 Å². The smallest absolute Gasteiger partial charge is 0.183 e. The molecule has 4 heteroatoms. The van der Waals surface area contributed by atoms with E-state index < -0.39 is 5.82 Å². The molecule has 0 saturated carbocycles. The molecule has 0 aromatic heterocycles. The summed E-state index contributed by atoms with van der Waals surface area (Å²) < 4.78 is 18.8. The van der Waals surface area contributed by atoms with E-state index >= 15 is 0 Å². The van der Waals surface area contributed by atoms with Gasteiger partial charge >= 0.3 is 0 Å². The molecular weight excluding hydrogens is 253 g/mol. The third-order valence-electron chi connectivity index (χ3n) is 2.66. The van der Waals surface area contributed by atoms with Gasteiger partial charge in [-0.25, -0.2) is 4.39 Å². The Kier molecular flexibility index (Phi) is 7.78. The lowest BCUT2D eigenvalue weighted by molar-refractivity contribution is 0.298. The quantitative estimate of drug-likeness (QED) is 0.686. The Hall–Kier alpha value is -0.800. The van der Waals surface area contributed by atoms with Crippen molar-refractivity contribution in [3.05, 3.63) is 29.0 Å². The van der Waals surface area contributed by atoms with Crippen LogP contribution in [0.3, 0.4) is 0 Å². The van der Waals surface area contributed by atoms with Crippen molar-refractivity contribution in [1.82, 2.24) is 5.32 Å². The predicted octanol–water partition coefficient (Wildman–Crippen LogP) is 4.03. The molecular formula is C14H21ClFNO. The van der Waals surface area contributed by atoms with Gasteiger partial charge in [-0.1, -0.05) is 43.9 Å². The number of ether oxygens (including phenoxy) is 1. The van der Waals surface area contributed by atoms with Crippen LogP contribution >= 0.6 is 11.6 Å². The molecule has 1 N–H and O–H groups in total. The summed E-state index contributed by atoms with van der Waals surface area (Å²) in [5.41, 5.74) is 0. The molecule has 0 atom stereocenters. The van der Waals surface area contributed by atoms with Crippen molar-refractivity contribution in [2.75, 3.05) is 19.7 Å². The number of hydrogen-bond donors (Lipinski definition) is 1. The summed E-state index contributed by atoms with van der Waals surface area (Å²) >= 11 is 5.65. The van der Waals surface area contributed by atoms with Gasteiger partial charge in [0.25, 0.3) is 0 Å². The molecule has 102 valence electrons. The molecule has 0 unspecified atom stereocenters. The highest BCUT2D eigenvalue weighted by Crippen LogP contribution is 2.23. The average Bonchev–Trinajstić information content (AvgIpc) is 2.37. The first kappa shape index (κ1) is 15.3. The highest BCUT2D eigenvalue weighted by Gasteiger charge is 2.06. The van der Waals surface area contributed by atoms with Crippen LogP contribution in [0.1, 0.15) is 32.6 Å². The molecule has 0 aliphatic carbocycles. The first-order valence-corrected chi connectivity index (χ1v) is 6.91. The summed E-state index contributed by atoms with van der Waals surface area (Å²) in [6, 6.07) is 4.77. The number of halogens is 2. The molecule has 0 radical (unpaired) electrons. The van der Waals surface area contributed by atoms with Crippen LogP contribution in [0.5, 0.6) is 5.75 Å². The highest BCUT2D eigenvalue weighted by molar-refractivity contribution is 6.30. The fraction of sp³-hybridized carbons (Fsp3) is 0.571. The van der Waals surface area contributed by atoms with Gasteiger partial charge < -0.3 is 10.1 Å². The van der Waals surface area contributed by atoms with Gasteiger partial charge in [-0.15, -0.1) is 0 Å². The minimum Gasteiger partial charge on any atom is -0.489 e. The predicted molar refractivity (Wildman–Crippen MR) is 73.9 cm³/mol.